The Morgan fingerprint density at radius 3 is 2.95 bits per heavy atom. The fourth-order valence-corrected chi connectivity index (χ4v) is 3.03. The van der Waals surface area contributed by atoms with Crippen molar-refractivity contribution in [1.29, 1.82) is 0 Å². The Bertz CT molecular complexity index is 745. The number of aromatic amines is 1. The molecule has 0 bridgehead atoms. The maximum Gasteiger partial charge on any atom is 0.276 e. The van der Waals surface area contributed by atoms with Gasteiger partial charge in [0.25, 0.3) is 5.56 Å². The first-order valence-electron chi connectivity index (χ1n) is 6.06. The molecule has 8 nitrogen and oxygen atoms in total. The molecule has 3 rings (SSSR count). The standard InChI is InChI=1S/C11H12BrFN4O4/c12-11(13)7(19)6(3-18)21-8(11)4-1-2-5-9(20)15-10(14)16-17(4)5/h1-2,6-8,18-19H,3H2,(H3,14,15,16,20)/t6-,7+,8+,11?/m1/s1. The van der Waals surface area contributed by atoms with E-state index >= 15 is 0 Å². The summed E-state index contributed by atoms with van der Waals surface area (Å²) < 4.78 is 18.8. The van der Waals surface area contributed by atoms with Crippen molar-refractivity contribution in [2.75, 3.05) is 12.3 Å². The summed E-state index contributed by atoms with van der Waals surface area (Å²) in [5, 5.41) is 22.9. The number of alkyl halides is 2. The van der Waals surface area contributed by atoms with Crippen LogP contribution in [0.15, 0.2) is 16.9 Å². The molecule has 1 aliphatic heterocycles. The van der Waals surface area contributed by atoms with E-state index in [1.807, 2.05) is 0 Å². The third-order valence-corrected chi connectivity index (χ3v) is 4.31. The van der Waals surface area contributed by atoms with Gasteiger partial charge in [-0.2, -0.15) is 0 Å². The fourth-order valence-electron chi connectivity index (χ4n) is 2.39. The number of ether oxygens (including phenoxy) is 1. The van der Waals surface area contributed by atoms with Crippen molar-refractivity contribution in [2.24, 2.45) is 0 Å². The van der Waals surface area contributed by atoms with Gasteiger partial charge in [0.15, 0.2) is 0 Å². The van der Waals surface area contributed by atoms with Crippen molar-refractivity contribution in [1.82, 2.24) is 14.6 Å². The molecule has 1 fully saturated rings. The minimum Gasteiger partial charge on any atom is -0.394 e. The zero-order valence-corrected chi connectivity index (χ0v) is 12.1. The molecule has 2 aromatic heterocycles. The number of nitrogens with one attached hydrogen (secondary N) is 1. The maximum absolute atomic E-state index is 14.7. The van der Waals surface area contributed by atoms with Gasteiger partial charge in [0, 0.05) is 0 Å². The Kier molecular flexibility index (Phi) is 3.28. The van der Waals surface area contributed by atoms with Gasteiger partial charge in [-0.25, -0.2) is 8.91 Å². The van der Waals surface area contributed by atoms with Gasteiger partial charge in [0.2, 0.25) is 10.5 Å². The zero-order valence-electron chi connectivity index (χ0n) is 10.5. The van der Waals surface area contributed by atoms with Crippen molar-refractivity contribution in [3.8, 4) is 0 Å². The average molecular weight is 363 g/mol. The number of fused-ring (bicyclic) bond motifs is 1. The Hall–Kier alpha value is -1.49. The Labute approximate surface area is 125 Å². The number of rotatable bonds is 2. The molecular formula is C11H12BrFN4O4. The highest BCUT2D eigenvalue weighted by molar-refractivity contribution is 9.10. The van der Waals surface area contributed by atoms with Crippen LogP contribution < -0.4 is 11.3 Å². The third-order valence-electron chi connectivity index (χ3n) is 3.42. The summed E-state index contributed by atoms with van der Waals surface area (Å²) >= 11 is 2.79. The highest BCUT2D eigenvalue weighted by Crippen LogP contribution is 2.48. The molecule has 1 saturated heterocycles. The predicted molar refractivity (Wildman–Crippen MR) is 73.7 cm³/mol. The molecule has 10 heteroatoms. The van der Waals surface area contributed by atoms with Crippen LogP contribution in [-0.2, 0) is 4.74 Å². The van der Waals surface area contributed by atoms with Gasteiger partial charge >= 0.3 is 0 Å². The van der Waals surface area contributed by atoms with Gasteiger partial charge in [-0.05, 0) is 28.1 Å². The number of nitrogens with zero attached hydrogens (tertiary/aromatic N) is 2. The molecule has 1 aliphatic rings. The number of H-pyrrole nitrogens is 1. The average Bonchev–Trinajstić information content (AvgIpc) is 2.91. The van der Waals surface area contributed by atoms with Crippen LogP contribution in [0.1, 0.15) is 11.8 Å². The number of hydrogen-bond donors (Lipinski definition) is 4. The normalized spacial score (nSPS) is 32.9. The largest absolute Gasteiger partial charge is 0.394 e. The van der Waals surface area contributed by atoms with Crippen LogP contribution in [0.25, 0.3) is 5.52 Å². The highest BCUT2D eigenvalue weighted by atomic mass is 79.9. The molecule has 0 amide bonds. The van der Waals surface area contributed by atoms with Crippen molar-refractivity contribution in [3.63, 3.8) is 0 Å². The summed E-state index contributed by atoms with van der Waals surface area (Å²) in [6, 6.07) is 2.88. The fraction of sp³-hybridized carbons (Fsp3) is 0.455. The van der Waals surface area contributed by atoms with Crippen LogP contribution in [0.5, 0.6) is 0 Å². The maximum atomic E-state index is 14.7. The van der Waals surface area contributed by atoms with E-state index in [1.54, 1.807) is 0 Å². The van der Waals surface area contributed by atoms with Crippen LogP contribution in [-0.4, -0.2) is 48.2 Å². The Morgan fingerprint density at radius 2 is 2.33 bits per heavy atom. The first kappa shape index (κ1) is 14.4. The van der Waals surface area contributed by atoms with Crippen molar-refractivity contribution in [2.45, 2.75) is 22.9 Å². The number of nitrogens with two attached hydrogens (primary N) is 1. The zero-order chi connectivity index (χ0) is 15.4. The number of hydrogen-bond acceptors (Lipinski definition) is 6. The van der Waals surface area contributed by atoms with E-state index in [9.17, 15) is 14.3 Å². The van der Waals surface area contributed by atoms with Gasteiger partial charge in [-0.15, -0.1) is 5.10 Å². The van der Waals surface area contributed by atoms with Crippen LogP contribution in [0.2, 0.25) is 0 Å². The summed E-state index contributed by atoms with van der Waals surface area (Å²) in [7, 11) is 0. The van der Waals surface area contributed by atoms with Gasteiger partial charge in [-0.3, -0.25) is 9.78 Å². The number of nitrogen functional groups attached to an aromatic ring is 1. The number of halogens is 2. The summed E-state index contributed by atoms with van der Waals surface area (Å²) in [6.07, 6.45) is -3.93. The second-order valence-electron chi connectivity index (χ2n) is 4.75. The van der Waals surface area contributed by atoms with E-state index in [0.29, 0.717) is 0 Å². The predicted octanol–water partition coefficient (Wildman–Crippen LogP) is -0.541. The second-order valence-corrected chi connectivity index (χ2v) is 5.97. The third kappa shape index (κ3) is 2.06. The van der Waals surface area contributed by atoms with Gasteiger partial charge in [0.1, 0.15) is 23.8 Å². The van der Waals surface area contributed by atoms with E-state index in [0.717, 1.165) is 4.52 Å². The van der Waals surface area contributed by atoms with Gasteiger partial charge in [0.05, 0.1) is 12.3 Å². The van der Waals surface area contributed by atoms with E-state index in [1.165, 1.54) is 12.1 Å². The SMILES string of the molecule is Nc1nn2c([C@@H]3O[C@H](CO)[C@H](O)C3(F)Br)ccc2c(=O)[nH]1. The van der Waals surface area contributed by atoms with E-state index in [2.05, 4.69) is 26.0 Å². The topological polar surface area (TPSA) is 126 Å². The molecule has 3 heterocycles. The van der Waals surface area contributed by atoms with Crippen molar-refractivity contribution in [3.05, 3.63) is 28.2 Å². The number of aliphatic hydroxyl groups is 2. The van der Waals surface area contributed by atoms with Crippen molar-refractivity contribution >= 4 is 27.4 Å². The molecular weight excluding hydrogens is 351 g/mol. The van der Waals surface area contributed by atoms with Gasteiger partial charge < -0.3 is 20.7 Å². The number of anilines is 1. The van der Waals surface area contributed by atoms with Crippen LogP contribution in [0.4, 0.5) is 10.3 Å². The molecule has 5 N–H and O–H groups in total. The molecule has 0 aromatic carbocycles. The minimum atomic E-state index is -2.33. The number of aliphatic hydroxyl groups excluding tert-OH is 2. The molecule has 2 aromatic rings. The lowest BCUT2D eigenvalue weighted by atomic mass is 10.1. The lowest BCUT2D eigenvalue weighted by Crippen LogP contribution is -2.37. The van der Waals surface area contributed by atoms with Crippen molar-refractivity contribution < 1.29 is 19.3 Å². The summed E-state index contributed by atoms with van der Waals surface area (Å²) in [5.41, 5.74) is 5.35. The molecule has 0 spiro atoms. The van der Waals surface area contributed by atoms with Gasteiger partial charge in [-0.1, -0.05) is 0 Å². The monoisotopic (exact) mass is 362 g/mol. The Morgan fingerprint density at radius 1 is 1.62 bits per heavy atom. The lowest BCUT2D eigenvalue weighted by molar-refractivity contribution is -0.0241. The first-order chi connectivity index (χ1) is 9.86. The van der Waals surface area contributed by atoms with E-state index < -0.39 is 35.1 Å². The van der Waals surface area contributed by atoms with Crippen LogP contribution in [0.3, 0.4) is 0 Å². The Balaban J connectivity index is 2.15. The molecule has 114 valence electrons. The lowest BCUT2D eigenvalue weighted by Gasteiger charge is -2.21. The van der Waals surface area contributed by atoms with E-state index in [-0.39, 0.29) is 17.2 Å². The van der Waals surface area contributed by atoms with Crippen LogP contribution in [0, 0.1) is 0 Å². The number of aromatic nitrogens is 3. The molecule has 21 heavy (non-hydrogen) atoms. The highest BCUT2D eigenvalue weighted by Gasteiger charge is 2.57. The summed E-state index contributed by atoms with van der Waals surface area (Å²) in [5.74, 6) is -0.138. The van der Waals surface area contributed by atoms with Crippen LogP contribution >= 0.6 is 15.9 Å². The molecule has 0 radical (unpaired) electrons. The summed E-state index contributed by atoms with van der Waals surface area (Å²) in [4.78, 5) is 14.1. The molecule has 1 unspecified atom stereocenters. The quantitative estimate of drug-likeness (QED) is 0.531. The van der Waals surface area contributed by atoms with E-state index in [4.69, 9.17) is 15.6 Å². The molecule has 0 aliphatic carbocycles. The molecule has 0 saturated carbocycles. The minimum absolute atomic E-state index is 0.138. The molecule has 4 atom stereocenters. The first-order valence-corrected chi connectivity index (χ1v) is 6.85. The smallest absolute Gasteiger partial charge is 0.276 e. The summed E-state index contributed by atoms with van der Waals surface area (Å²) in [6.45, 7) is -0.547. The second kappa shape index (κ2) is 4.77.